The molecule has 0 aliphatic rings. The first-order chi connectivity index (χ1) is 26.7. The van der Waals surface area contributed by atoms with Gasteiger partial charge in [0.05, 0.1) is 22.2 Å². The smallest absolute Gasteiger partial charge is 0.235 e. The topological polar surface area (TPSA) is 30.7 Å². The van der Waals surface area contributed by atoms with Crippen molar-refractivity contribution in [3.63, 3.8) is 0 Å². The molecule has 0 aliphatic heterocycles. The summed E-state index contributed by atoms with van der Waals surface area (Å²) in [7, 11) is 0. The Kier molecular flexibility index (Phi) is 7.04. The van der Waals surface area contributed by atoms with E-state index in [1.54, 1.807) is 0 Å². The minimum atomic E-state index is 0.659. The SMILES string of the molecule is c1ccc(-c2ccc(-c3cccc(-c4nc(-n5c6ccccc6c6cc(-c7ccc8sc9ccccc9c8c7)ccc65)nc5ccccc45)c3)cc2)cc1. The van der Waals surface area contributed by atoms with Gasteiger partial charge in [0.2, 0.25) is 5.95 Å². The van der Waals surface area contributed by atoms with Gasteiger partial charge in [-0.1, -0.05) is 140 Å². The summed E-state index contributed by atoms with van der Waals surface area (Å²) < 4.78 is 4.86. The molecule has 0 N–H and O–H groups in total. The molecule has 3 heterocycles. The van der Waals surface area contributed by atoms with Crippen LogP contribution in [0.25, 0.3) is 103 Å². The van der Waals surface area contributed by atoms with E-state index in [-0.39, 0.29) is 0 Å². The number of para-hydroxylation sites is 2. The van der Waals surface area contributed by atoms with E-state index in [1.165, 1.54) is 58.8 Å². The molecule has 0 radical (unpaired) electrons. The first-order valence-corrected chi connectivity index (χ1v) is 19.1. The number of hydrogen-bond acceptors (Lipinski definition) is 3. The Bertz CT molecular complexity index is 3210. The number of aromatic nitrogens is 3. The molecule has 0 aliphatic carbocycles. The second kappa shape index (κ2) is 12.4. The van der Waals surface area contributed by atoms with Crippen LogP contribution in [-0.2, 0) is 0 Å². The van der Waals surface area contributed by atoms with Gasteiger partial charge in [0.1, 0.15) is 0 Å². The van der Waals surface area contributed by atoms with Gasteiger partial charge in [-0.15, -0.1) is 11.3 Å². The Labute approximate surface area is 316 Å². The highest BCUT2D eigenvalue weighted by atomic mass is 32.1. The van der Waals surface area contributed by atoms with Crippen molar-refractivity contribution in [3.05, 3.63) is 188 Å². The van der Waals surface area contributed by atoms with E-state index >= 15 is 0 Å². The summed E-state index contributed by atoms with van der Waals surface area (Å²) in [5.41, 5.74) is 12.2. The molecule has 0 unspecified atom stereocenters. The van der Waals surface area contributed by atoms with Gasteiger partial charge in [0, 0.05) is 41.9 Å². The van der Waals surface area contributed by atoms with Crippen molar-refractivity contribution >= 4 is 64.2 Å². The normalized spacial score (nSPS) is 11.7. The quantitative estimate of drug-likeness (QED) is 0.178. The molecule has 0 saturated heterocycles. The molecule has 0 fully saturated rings. The number of fused-ring (bicyclic) bond motifs is 7. The summed E-state index contributed by atoms with van der Waals surface area (Å²) in [5, 5.41) is 6.00. The minimum absolute atomic E-state index is 0.659. The van der Waals surface area contributed by atoms with Gasteiger partial charge >= 0.3 is 0 Å². The molecule has 0 amide bonds. The van der Waals surface area contributed by atoms with Gasteiger partial charge in [-0.2, -0.15) is 0 Å². The zero-order valence-electron chi connectivity index (χ0n) is 29.1. The van der Waals surface area contributed by atoms with Crippen molar-refractivity contribution in [1.29, 1.82) is 0 Å². The van der Waals surface area contributed by atoms with E-state index in [0.29, 0.717) is 5.95 Å². The van der Waals surface area contributed by atoms with E-state index < -0.39 is 0 Å². The summed E-state index contributed by atoms with van der Waals surface area (Å²) in [4.78, 5) is 10.6. The minimum Gasteiger partial charge on any atom is -0.278 e. The van der Waals surface area contributed by atoms with E-state index in [1.807, 2.05) is 11.3 Å². The molecule has 0 spiro atoms. The number of thiophene rings is 1. The molecule has 54 heavy (non-hydrogen) atoms. The van der Waals surface area contributed by atoms with Crippen LogP contribution >= 0.6 is 11.3 Å². The van der Waals surface area contributed by atoms with Crippen LogP contribution in [0.4, 0.5) is 0 Å². The average molecular weight is 706 g/mol. The molecule has 3 aromatic heterocycles. The zero-order chi connectivity index (χ0) is 35.6. The molecular formula is C50H31N3S. The predicted molar refractivity (Wildman–Crippen MR) is 229 cm³/mol. The van der Waals surface area contributed by atoms with Crippen molar-refractivity contribution in [2.45, 2.75) is 0 Å². The number of hydrogen-bond donors (Lipinski definition) is 0. The van der Waals surface area contributed by atoms with Crippen LogP contribution in [0.15, 0.2) is 188 Å². The Morgan fingerprint density at radius 1 is 0.333 bits per heavy atom. The summed E-state index contributed by atoms with van der Waals surface area (Å²) in [6, 6.07) is 67.3. The fourth-order valence-electron chi connectivity index (χ4n) is 7.99. The van der Waals surface area contributed by atoms with Crippen molar-refractivity contribution in [3.8, 4) is 50.6 Å². The maximum atomic E-state index is 5.39. The van der Waals surface area contributed by atoms with Gasteiger partial charge < -0.3 is 0 Å². The largest absolute Gasteiger partial charge is 0.278 e. The maximum Gasteiger partial charge on any atom is 0.235 e. The molecular weight excluding hydrogens is 675 g/mol. The van der Waals surface area contributed by atoms with Gasteiger partial charge in [-0.25, -0.2) is 9.97 Å². The van der Waals surface area contributed by atoms with Gasteiger partial charge in [-0.3, -0.25) is 4.57 Å². The van der Waals surface area contributed by atoms with Crippen LogP contribution < -0.4 is 0 Å². The monoisotopic (exact) mass is 705 g/mol. The van der Waals surface area contributed by atoms with Crippen LogP contribution in [0.1, 0.15) is 0 Å². The van der Waals surface area contributed by atoms with Crippen molar-refractivity contribution in [1.82, 2.24) is 14.5 Å². The van der Waals surface area contributed by atoms with E-state index in [2.05, 4.69) is 193 Å². The number of rotatable bonds is 5. The third-order valence-corrected chi connectivity index (χ3v) is 11.8. The lowest BCUT2D eigenvalue weighted by Crippen LogP contribution is -2.03. The van der Waals surface area contributed by atoms with Gasteiger partial charge in [0.25, 0.3) is 0 Å². The standard InChI is InChI=1S/C50H31N3S/c1-2-11-32(12-3-1)33-21-23-34(24-22-33)35-13-10-14-38(29-35)49-41-17-4-7-18-44(41)51-50(52-49)53-45-19-8-5-15-39(45)42-30-36(25-27-46(42)53)37-26-28-48-43(31-37)40-16-6-9-20-47(40)54-48/h1-31H. The molecule has 0 atom stereocenters. The highest BCUT2D eigenvalue weighted by Crippen LogP contribution is 2.39. The highest BCUT2D eigenvalue weighted by Gasteiger charge is 2.18. The van der Waals surface area contributed by atoms with Crippen molar-refractivity contribution < 1.29 is 0 Å². The summed E-state index contributed by atoms with van der Waals surface area (Å²) >= 11 is 1.85. The Morgan fingerprint density at radius 2 is 0.889 bits per heavy atom. The summed E-state index contributed by atoms with van der Waals surface area (Å²) in [6.07, 6.45) is 0. The molecule has 3 nitrogen and oxygen atoms in total. The molecule has 11 aromatic rings. The molecule has 0 bridgehead atoms. The van der Waals surface area contributed by atoms with E-state index in [4.69, 9.17) is 9.97 Å². The van der Waals surface area contributed by atoms with Gasteiger partial charge in [0.15, 0.2) is 0 Å². The Morgan fingerprint density at radius 3 is 1.74 bits per heavy atom. The number of benzene rings is 8. The Balaban J connectivity index is 1.05. The van der Waals surface area contributed by atoms with Crippen LogP contribution in [0, 0.1) is 0 Å². The molecule has 11 rings (SSSR count). The van der Waals surface area contributed by atoms with Crippen LogP contribution in [-0.4, -0.2) is 14.5 Å². The van der Waals surface area contributed by atoms with Crippen LogP contribution in [0.5, 0.6) is 0 Å². The maximum absolute atomic E-state index is 5.39. The van der Waals surface area contributed by atoms with E-state index in [0.717, 1.165) is 38.8 Å². The van der Waals surface area contributed by atoms with Crippen LogP contribution in [0.2, 0.25) is 0 Å². The zero-order valence-corrected chi connectivity index (χ0v) is 30.0. The van der Waals surface area contributed by atoms with Gasteiger partial charge in [-0.05, 0) is 81.9 Å². The lowest BCUT2D eigenvalue weighted by atomic mass is 9.97. The van der Waals surface area contributed by atoms with Crippen molar-refractivity contribution in [2.75, 3.05) is 0 Å². The fraction of sp³-hybridized carbons (Fsp3) is 0. The third kappa shape index (κ3) is 5.03. The second-order valence-electron chi connectivity index (χ2n) is 13.8. The average Bonchev–Trinajstić information content (AvgIpc) is 3.79. The highest BCUT2D eigenvalue weighted by molar-refractivity contribution is 7.25. The Hall–Kier alpha value is -6.88. The predicted octanol–water partition coefficient (Wildman–Crippen LogP) is 13.8. The first-order valence-electron chi connectivity index (χ1n) is 18.2. The molecule has 252 valence electrons. The summed E-state index contributed by atoms with van der Waals surface area (Å²) in [6.45, 7) is 0. The molecule has 0 saturated carbocycles. The third-order valence-electron chi connectivity index (χ3n) is 10.6. The van der Waals surface area contributed by atoms with Crippen LogP contribution in [0.3, 0.4) is 0 Å². The molecule has 8 aromatic carbocycles. The fourth-order valence-corrected chi connectivity index (χ4v) is 9.08. The van der Waals surface area contributed by atoms with E-state index in [9.17, 15) is 0 Å². The molecule has 4 heteroatoms. The second-order valence-corrected chi connectivity index (χ2v) is 14.9. The number of nitrogens with zero attached hydrogens (tertiary/aromatic N) is 3. The summed E-state index contributed by atoms with van der Waals surface area (Å²) in [5.74, 6) is 0.659. The lowest BCUT2D eigenvalue weighted by Gasteiger charge is -2.13. The first kappa shape index (κ1) is 30.7. The van der Waals surface area contributed by atoms with Crippen molar-refractivity contribution in [2.24, 2.45) is 0 Å². The lowest BCUT2D eigenvalue weighted by molar-refractivity contribution is 1.01.